The van der Waals surface area contributed by atoms with Crippen molar-refractivity contribution in [2.24, 2.45) is 0 Å². The van der Waals surface area contributed by atoms with Crippen LogP contribution in [-0.2, 0) is 11.8 Å². The van der Waals surface area contributed by atoms with Gasteiger partial charge in [-0.1, -0.05) is 136 Å². The number of benzene rings is 4. The number of methoxy groups -OCH3 is 1. The average molecular weight is 537 g/mol. The van der Waals surface area contributed by atoms with Crippen LogP contribution in [0.1, 0.15) is 85.6 Å². The van der Waals surface area contributed by atoms with Gasteiger partial charge < -0.3 is 14.9 Å². The molecule has 0 aliphatic rings. The second-order valence-corrected chi connectivity index (χ2v) is 10.9. The fourth-order valence-corrected chi connectivity index (χ4v) is 6.12. The molecule has 4 rings (SSSR count). The second-order valence-electron chi connectivity index (χ2n) is 10.9. The van der Waals surface area contributed by atoms with Crippen LogP contribution in [0, 0.1) is 6.92 Å². The van der Waals surface area contributed by atoms with Gasteiger partial charge in [0.15, 0.2) is 11.5 Å². The maximum atomic E-state index is 10.3. The van der Waals surface area contributed by atoms with Gasteiger partial charge in [0.1, 0.15) is 5.75 Å². The highest BCUT2D eigenvalue weighted by Crippen LogP contribution is 2.43. The van der Waals surface area contributed by atoms with E-state index in [1.807, 2.05) is 6.92 Å². The Morgan fingerprint density at radius 3 is 1.48 bits per heavy atom. The molecule has 0 radical (unpaired) electrons. The molecule has 0 atom stereocenters. The van der Waals surface area contributed by atoms with Gasteiger partial charge in [-0.2, -0.15) is 0 Å². The summed E-state index contributed by atoms with van der Waals surface area (Å²) in [5.74, 6) is 0.670. The smallest absolute Gasteiger partial charge is 0.164 e. The summed E-state index contributed by atoms with van der Waals surface area (Å²) < 4.78 is 5.14. The number of rotatable bonds is 15. The molecule has 0 bridgehead atoms. The van der Waals surface area contributed by atoms with Crippen molar-refractivity contribution < 1.29 is 14.9 Å². The van der Waals surface area contributed by atoms with Crippen molar-refractivity contribution in [3.8, 4) is 17.2 Å². The molecule has 0 aliphatic heterocycles. The van der Waals surface area contributed by atoms with E-state index in [1.54, 1.807) is 0 Å². The molecule has 0 aromatic heterocycles. The Balaban J connectivity index is 1.28. The van der Waals surface area contributed by atoms with Gasteiger partial charge in [-0.25, -0.2) is 0 Å². The fraction of sp³-hybridized carbons (Fsp3) is 0.351. The topological polar surface area (TPSA) is 49.7 Å². The maximum Gasteiger partial charge on any atom is 0.164 e. The van der Waals surface area contributed by atoms with Crippen LogP contribution in [-0.4, -0.2) is 17.3 Å². The lowest BCUT2D eigenvalue weighted by Gasteiger charge is -2.36. The number of hydrogen-bond donors (Lipinski definition) is 2. The molecule has 0 aliphatic carbocycles. The lowest BCUT2D eigenvalue weighted by Crippen LogP contribution is -2.29. The SMILES string of the molecule is COc1cc(O)c(CCCCCCCCCCC(c2ccccc2)(c2ccccc2)c2ccccc2)c(C)c1O. The number of ether oxygens (including phenoxy) is 1. The van der Waals surface area contributed by atoms with Gasteiger partial charge in [-0.3, -0.25) is 0 Å². The summed E-state index contributed by atoms with van der Waals surface area (Å²) in [6.45, 7) is 1.84. The van der Waals surface area contributed by atoms with Crippen LogP contribution in [0.3, 0.4) is 0 Å². The van der Waals surface area contributed by atoms with Gasteiger partial charge in [-0.15, -0.1) is 0 Å². The first kappa shape index (κ1) is 29.3. The molecule has 0 fully saturated rings. The summed E-state index contributed by atoms with van der Waals surface area (Å²) in [6.07, 6.45) is 11.3. The maximum absolute atomic E-state index is 10.3. The summed E-state index contributed by atoms with van der Waals surface area (Å²) in [6, 6.07) is 34.5. The van der Waals surface area contributed by atoms with Crippen molar-refractivity contribution >= 4 is 0 Å². The molecule has 2 N–H and O–H groups in total. The standard InChI is InChI=1S/C37H44O3/c1-29-33(34(38)28-35(40-2)36(29)39)26-18-7-5-3-4-6-8-19-27-37(30-20-12-9-13-21-30,31-22-14-10-15-23-31)32-24-16-11-17-25-32/h9-17,20-25,28,38-39H,3-8,18-19,26-27H2,1-2H3. The van der Waals surface area contributed by atoms with E-state index in [4.69, 9.17) is 4.74 Å². The largest absolute Gasteiger partial charge is 0.508 e. The van der Waals surface area contributed by atoms with Crippen LogP contribution in [0.15, 0.2) is 97.1 Å². The van der Waals surface area contributed by atoms with Crippen molar-refractivity contribution in [1.82, 2.24) is 0 Å². The summed E-state index contributed by atoms with van der Waals surface area (Å²) in [4.78, 5) is 0. The summed E-state index contributed by atoms with van der Waals surface area (Å²) in [5.41, 5.74) is 5.48. The van der Waals surface area contributed by atoms with E-state index in [-0.39, 0.29) is 16.9 Å². The first-order chi connectivity index (χ1) is 19.6. The Kier molecular flexibility index (Phi) is 10.7. The minimum absolute atomic E-state index is 0.131. The molecule has 3 nitrogen and oxygen atoms in total. The first-order valence-electron chi connectivity index (χ1n) is 14.8. The zero-order chi connectivity index (χ0) is 28.2. The molecule has 0 saturated heterocycles. The monoisotopic (exact) mass is 536 g/mol. The van der Waals surface area contributed by atoms with E-state index < -0.39 is 0 Å². The Labute approximate surface area is 240 Å². The molecular formula is C37H44O3. The zero-order valence-corrected chi connectivity index (χ0v) is 24.1. The van der Waals surface area contributed by atoms with Gasteiger partial charge in [0.2, 0.25) is 0 Å². The number of unbranched alkanes of at least 4 members (excludes halogenated alkanes) is 7. The molecule has 0 amide bonds. The molecule has 0 saturated carbocycles. The summed E-state index contributed by atoms with van der Waals surface area (Å²) >= 11 is 0. The van der Waals surface area contributed by atoms with E-state index in [9.17, 15) is 10.2 Å². The Morgan fingerprint density at radius 2 is 1.02 bits per heavy atom. The van der Waals surface area contributed by atoms with Crippen LogP contribution in [0.2, 0.25) is 0 Å². The van der Waals surface area contributed by atoms with Crippen molar-refractivity contribution in [3.63, 3.8) is 0 Å². The predicted octanol–water partition coefficient (Wildman–Crippen LogP) is 9.50. The van der Waals surface area contributed by atoms with Crippen molar-refractivity contribution in [1.29, 1.82) is 0 Å². The van der Waals surface area contributed by atoms with E-state index in [0.29, 0.717) is 5.75 Å². The van der Waals surface area contributed by atoms with Gasteiger partial charge in [0.25, 0.3) is 0 Å². The van der Waals surface area contributed by atoms with Crippen LogP contribution < -0.4 is 4.74 Å². The third kappa shape index (κ3) is 6.88. The number of aromatic hydroxyl groups is 2. The number of hydrogen-bond acceptors (Lipinski definition) is 3. The third-order valence-electron chi connectivity index (χ3n) is 8.37. The average Bonchev–Trinajstić information content (AvgIpc) is 3.00. The van der Waals surface area contributed by atoms with Gasteiger partial charge >= 0.3 is 0 Å². The van der Waals surface area contributed by atoms with Crippen LogP contribution in [0.4, 0.5) is 0 Å². The Hall–Kier alpha value is -3.72. The van der Waals surface area contributed by atoms with Crippen molar-refractivity contribution in [3.05, 3.63) is 125 Å². The second kappa shape index (κ2) is 14.6. The fourth-order valence-electron chi connectivity index (χ4n) is 6.12. The third-order valence-corrected chi connectivity index (χ3v) is 8.37. The van der Waals surface area contributed by atoms with E-state index in [0.717, 1.165) is 36.8 Å². The highest BCUT2D eigenvalue weighted by Gasteiger charge is 2.35. The first-order valence-corrected chi connectivity index (χ1v) is 14.8. The minimum atomic E-state index is -0.149. The molecule has 4 aromatic rings. The highest BCUT2D eigenvalue weighted by atomic mass is 16.5. The zero-order valence-electron chi connectivity index (χ0n) is 24.1. The normalized spacial score (nSPS) is 11.4. The number of phenols is 2. The number of phenolic OH excluding ortho intramolecular Hbond substituents is 2. The van der Waals surface area contributed by atoms with Gasteiger partial charge in [0.05, 0.1) is 7.11 Å². The lowest BCUT2D eigenvalue weighted by atomic mass is 9.66. The molecule has 0 unspecified atom stereocenters. The van der Waals surface area contributed by atoms with Crippen LogP contribution in [0.25, 0.3) is 0 Å². The lowest BCUT2D eigenvalue weighted by molar-refractivity contribution is 0.365. The molecule has 0 heterocycles. The van der Waals surface area contributed by atoms with E-state index >= 15 is 0 Å². The van der Waals surface area contributed by atoms with Gasteiger partial charge in [-0.05, 0) is 42.9 Å². The predicted molar refractivity (Wildman–Crippen MR) is 166 cm³/mol. The Bertz CT molecular complexity index is 1200. The Morgan fingerprint density at radius 1 is 0.600 bits per heavy atom. The summed E-state index contributed by atoms with van der Waals surface area (Å²) in [5, 5.41) is 20.6. The van der Waals surface area contributed by atoms with Crippen LogP contribution >= 0.6 is 0 Å². The molecule has 210 valence electrons. The highest BCUT2D eigenvalue weighted by molar-refractivity contribution is 5.55. The summed E-state index contributed by atoms with van der Waals surface area (Å²) in [7, 11) is 1.50. The molecular weight excluding hydrogens is 492 g/mol. The van der Waals surface area contributed by atoms with E-state index in [2.05, 4.69) is 91.0 Å². The van der Waals surface area contributed by atoms with Crippen LogP contribution in [0.5, 0.6) is 17.2 Å². The molecule has 4 aromatic carbocycles. The van der Waals surface area contributed by atoms with Crippen molar-refractivity contribution in [2.75, 3.05) is 7.11 Å². The molecule has 0 spiro atoms. The van der Waals surface area contributed by atoms with Crippen molar-refractivity contribution in [2.45, 2.75) is 76.5 Å². The molecule has 3 heteroatoms. The van der Waals surface area contributed by atoms with E-state index in [1.165, 1.54) is 68.4 Å². The van der Waals surface area contributed by atoms with Gasteiger partial charge in [0, 0.05) is 22.6 Å². The minimum Gasteiger partial charge on any atom is -0.508 e. The quantitative estimate of drug-likeness (QED) is 0.0903. The molecule has 40 heavy (non-hydrogen) atoms.